The van der Waals surface area contributed by atoms with E-state index in [0.29, 0.717) is 4.24 Å². The molecule has 2 aliphatic carbocycles. The molecule has 8 heteroatoms. The van der Waals surface area contributed by atoms with Crippen molar-refractivity contribution in [1.29, 1.82) is 0 Å². The first-order valence-electron chi connectivity index (χ1n) is 10.2. The predicted molar refractivity (Wildman–Crippen MR) is 119 cm³/mol. The van der Waals surface area contributed by atoms with Gasteiger partial charge in [0.2, 0.25) is 0 Å². The third kappa shape index (κ3) is 4.00. The van der Waals surface area contributed by atoms with Crippen LogP contribution in [0.3, 0.4) is 0 Å². The Bertz CT molecular complexity index is 985. The van der Waals surface area contributed by atoms with E-state index in [1.165, 1.54) is 34.0 Å². The van der Waals surface area contributed by atoms with Gasteiger partial charge in [-0.2, -0.15) is 0 Å². The third-order valence-electron chi connectivity index (χ3n) is 6.15. The first-order valence-corrected chi connectivity index (χ1v) is 12.7. The number of rotatable bonds is 3. The molecular weight excluding hydrogens is 406 g/mol. The molecule has 0 fully saturated rings. The maximum absolute atomic E-state index is 13.1. The fourth-order valence-electron chi connectivity index (χ4n) is 4.79. The zero-order valence-corrected chi connectivity index (χ0v) is 18.8. The van der Waals surface area contributed by atoms with Crippen molar-refractivity contribution in [2.24, 2.45) is 15.4 Å². The number of hydrogen-bond acceptors (Lipinski definition) is 4. The van der Waals surface area contributed by atoms with Gasteiger partial charge in [-0.3, -0.25) is 0 Å². The van der Waals surface area contributed by atoms with Gasteiger partial charge in [-0.25, -0.2) is 14.1 Å². The van der Waals surface area contributed by atoms with E-state index in [0.717, 1.165) is 44.2 Å². The number of urea groups is 1. The average molecular weight is 436 g/mol. The minimum atomic E-state index is -3.36. The summed E-state index contributed by atoms with van der Waals surface area (Å²) in [6.07, 6.45) is 7.86. The van der Waals surface area contributed by atoms with Gasteiger partial charge in [-0.05, 0) is 74.6 Å². The summed E-state index contributed by atoms with van der Waals surface area (Å²) >= 11 is 1.32. The van der Waals surface area contributed by atoms with Gasteiger partial charge < -0.3 is 10.4 Å². The van der Waals surface area contributed by atoms with Crippen LogP contribution in [0, 0.1) is 5.92 Å². The monoisotopic (exact) mass is 435 g/mol. The predicted octanol–water partition coefficient (Wildman–Crippen LogP) is 3.90. The molecular formula is C21H29N3O3S2. The molecule has 4 N–H and O–H groups in total. The molecule has 6 nitrogen and oxygen atoms in total. The molecule has 2 amide bonds. The van der Waals surface area contributed by atoms with Crippen molar-refractivity contribution in [2.45, 2.75) is 70.1 Å². The number of amides is 2. The Morgan fingerprint density at radius 2 is 1.83 bits per heavy atom. The van der Waals surface area contributed by atoms with Gasteiger partial charge in [0.25, 0.3) is 0 Å². The summed E-state index contributed by atoms with van der Waals surface area (Å²) in [4.78, 5) is 12.7. The SMILES string of the molecule is CC1SC(S(N)(=O)=NC(=O)Nc2c3c(cc4c2CCC4)CCC3)=CC1C(C)(C)O. The zero-order chi connectivity index (χ0) is 21.0. The van der Waals surface area contributed by atoms with Gasteiger partial charge in [0.05, 0.1) is 9.84 Å². The highest BCUT2D eigenvalue weighted by molar-refractivity contribution is 8.19. The highest BCUT2D eigenvalue weighted by Gasteiger charge is 2.38. The van der Waals surface area contributed by atoms with Crippen molar-refractivity contribution in [2.75, 3.05) is 5.32 Å². The van der Waals surface area contributed by atoms with Crippen LogP contribution >= 0.6 is 11.8 Å². The molecule has 3 aliphatic rings. The number of nitrogens with two attached hydrogens (primary N) is 1. The Morgan fingerprint density at radius 3 is 2.34 bits per heavy atom. The first-order chi connectivity index (χ1) is 13.6. The summed E-state index contributed by atoms with van der Waals surface area (Å²) in [5, 5.41) is 19.3. The van der Waals surface area contributed by atoms with E-state index in [9.17, 15) is 14.1 Å². The van der Waals surface area contributed by atoms with E-state index in [4.69, 9.17) is 5.14 Å². The van der Waals surface area contributed by atoms with Gasteiger partial charge >= 0.3 is 6.03 Å². The number of carbonyl (C=O) groups excluding carboxylic acids is 1. The lowest BCUT2D eigenvalue weighted by atomic mass is 9.89. The first kappa shape index (κ1) is 20.9. The molecule has 3 unspecified atom stereocenters. The molecule has 3 atom stereocenters. The summed E-state index contributed by atoms with van der Waals surface area (Å²) in [6.45, 7) is 5.38. The minimum absolute atomic E-state index is 0.00768. The zero-order valence-electron chi connectivity index (χ0n) is 17.2. The molecule has 0 spiro atoms. The van der Waals surface area contributed by atoms with Crippen LogP contribution in [0.15, 0.2) is 20.7 Å². The van der Waals surface area contributed by atoms with Crippen LogP contribution in [-0.2, 0) is 35.6 Å². The van der Waals surface area contributed by atoms with Crippen molar-refractivity contribution in [3.05, 3.63) is 38.6 Å². The summed E-state index contributed by atoms with van der Waals surface area (Å²) in [5.74, 6) is -0.203. The molecule has 0 bridgehead atoms. The Morgan fingerprint density at radius 1 is 1.24 bits per heavy atom. The average Bonchev–Trinajstić information content (AvgIpc) is 3.31. The van der Waals surface area contributed by atoms with E-state index in [2.05, 4.69) is 15.7 Å². The van der Waals surface area contributed by atoms with Crippen LogP contribution < -0.4 is 10.5 Å². The number of fused-ring (bicyclic) bond motifs is 2. The number of aliphatic hydroxyl groups is 1. The number of carbonyl (C=O) groups is 1. The number of nitrogens with one attached hydrogen (secondary N) is 1. The second kappa shape index (κ2) is 7.41. The van der Waals surface area contributed by atoms with E-state index < -0.39 is 21.5 Å². The van der Waals surface area contributed by atoms with Crippen molar-refractivity contribution in [1.82, 2.24) is 0 Å². The molecule has 0 saturated carbocycles. The van der Waals surface area contributed by atoms with Crippen LogP contribution in [0.1, 0.15) is 55.9 Å². The molecule has 0 aromatic heterocycles. The fourth-order valence-corrected chi connectivity index (χ4v) is 7.78. The molecule has 29 heavy (non-hydrogen) atoms. The van der Waals surface area contributed by atoms with E-state index >= 15 is 0 Å². The van der Waals surface area contributed by atoms with Gasteiger partial charge in [0.1, 0.15) is 9.92 Å². The third-order valence-corrected chi connectivity index (χ3v) is 9.34. The number of aryl methyl sites for hydroxylation is 2. The number of hydrogen-bond donors (Lipinski definition) is 3. The molecule has 158 valence electrons. The van der Waals surface area contributed by atoms with Crippen LogP contribution in [0.4, 0.5) is 10.5 Å². The van der Waals surface area contributed by atoms with E-state index in [1.54, 1.807) is 19.9 Å². The second-order valence-electron chi connectivity index (χ2n) is 8.81. The van der Waals surface area contributed by atoms with Crippen molar-refractivity contribution in [3.63, 3.8) is 0 Å². The Balaban J connectivity index is 1.62. The fraction of sp³-hybridized carbons (Fsp3) is 0.571. The normalized spacial score (nSPS) is 25.2. The number of anilines is 1. The minimum Gasteiger partial charge on any atom is -0.390 e. The smallest absolute Gasteiger partial charge is 0.354 e. The molecule has 4 rings (SSSR count). The van der Waals surface area contributed by atoms with Crippen molar-refractivity contribution < 1.29 is 14.1 Å². The number of nitrogens with zero attached hydrogens (tertiary/aromatic N) is 1. The molecule has 1 aromatic rings. The van der Waals surface area contributed by atoms with Crippen LogP contribution in [0.2, 0.25) is 0 Å². The van der Waals surface area contributed by atoms with Gasteiger partial charge in [-0.15, -0.1) is 16.1 Å². The number of thioether (sulfide) groups is 1. The quantitative estimate of drug-likeness (QED) is 0.669. The summed E-state index contributed by atoms with van der Waals surface area (Å²) < 4.78 is 17.3. The van der Waals surface area contributed by atoms with E-state index in [-0.39, 0.29) is 11.2 Å². The molecule has 0 saturated heterocycles. The van der Waals surface area contributed by atoms with E-state index in [1.807, 2.05) is 6.92 Å². The van der Waals surface area contributed by atoms with Gasteiger partial charge in [0, 0.05) is 16.9 Å². The molecule has 1 heterocycles. The Labute approximate surface area is 177 Å². The lowest BCUT2D eigenvalue weighted by Gasteiger charge is -2.27. The summed E-state index contributed by atoms with van der Waals surface area (Å²) in [5.41, 5.74) is 4.92. The number of benzene rings is 1. The van der Waals surface area contributed by atoms with Gasteiger partial charge in [-0.1, -0.05) is 19.1 Å². The lowest BCUT2D eigenvalue weighted by molar-refractivity contribution is 0.0387. The van der Waals surface area contributed by atoms with Crippen molar-refractivity contribution >= 4 is 33.4 Å². The lowest BCUT2D eigenvalue weighted by Crippen LogP contribution is -2.33. The maximum atomic E-state index is 13.1. The summed E-state index contributed by atoms with van der Waals surface area (Å²) in [7, 11) is -3.36. The Hall–Kier alpha value is -1.35. The highest BCUT2D eigenvalue weighted by atomic mass is 32.3. The molecule has 1 aromatic carbocycles. The standard InChI is InChI=1S/C21H29N3O3S2/c1-12-17(21(2,3)26)11-18(28-12)29(22,27)24-20(25)23-19-15-8-4-6-13(15)10-14-7-5-9-16(14)19/h10-12,17,26H,4-9H2,1-3H3,(H3,22,23,24,25,27). The second-order valence-corrected chi connectivity index (χ2v) is 12.2. The topological polar surface area (TPSA) is 105 Å². The van der Waals surface area contributed by atoms with Gasteiger partial charge in [0.15, 0.2) is 0 Å². The highest BCUT2D eigenvalue weighted by Crippen LogP contribution is 2.43. The Kier molecular flexibility index (Phi) is 5.34. The summed E-state index contributed by atoms with van der Waals surface area (Å²) in [6, 6.07) is 1.63. The van der Waals surface area contributed by atoms with Crippen LogP contribution in [0.25, 0.3) is 0 Å². The molecule has 0 radical (unpaired) electrons. The molecule has 1 aliphatic heterocycles. The van der Waals surface area contributed by atoms with Crippen LogP contribution in [0.5, 0.6) is 0 Å². The largest absolute Gasteiger partial charge is 0.390 e. The maximum Gasteiger partial charge on any atom is 0.354 e. The van der Waals surface area contributed by atoms with Crippen LogP contribution in [-0.4, -0.2) is 26.2 Å². The van der Waals surface area contributed by atoms with Crippen molar-refractivity contribution in [3.8, 4) is 0 Å².